The third-order valence-electron chi connectivity index (χ3n) is 2.84. The van der Waals surface area contributed by atoms with Gasteiger partial charge in [-0.05, 0) is 50.8 Å². The first-order valence-electron chi connectivity index (χ1n) is 5.39. The van der Waals surface area contributed by atoms with Crippen LogP contribution in [0.3, 0.4) is 0 Å². The molecule has 2 rings (SSSR count). The van der Waals surface area contributed by atoms with E-state index in [4.69, 9.17) is 5.73 Å². The van der Waals surface area contributed by atoms with Crippen LogP contribution in [0.2, 0.25) is 0 Å². The van der Waals surface area contributed by atoms with Gasteiger partial charge in [0.25, 0.3) is 0 Å². The summed E-state index contributed by atoms with van der Waals surface area (Å²) in [6, 6.07) is 6.48. The third-order valence-corrected chi connectivity index (χ3v) is 3.56. The van der Waals surface area contributed by atoms with E-state index in [1.807, 2.05) is 13.8 Å². The molecule has 3 heteroatoms. The van der Waals surface area contributed by atoms with E-state index in [2.05, 4.69) is 36.4 Å². The minimum absolute atomic E-state index is 0.306. The second-order valence-corrected chi connectivity index (χ2v) is 5.64. The monoisotopic (exact) mass is 234 g/mol. The molecule has 1 aromatic heterocycles. The van der Waals surface area contributed by atoms with Crippen molar-refractivity contribution in [1.29, 1.82) is 0 Å². The molecule has 0 saturated heterocycles. The first-order chi connectivity index (χ1) is 7.43. The van der Waals surface area contributed by atoms with Crippen molar-refractivity contribution in [3.05, 3.63) is 29.5 Å². The fourth-order valence-corrected chi connectivity index (χ4v) is 2.70. The molecular formula is C13H18N2S. The van der Waals surface area contributed by atoms with Gasteiger partial charge in [0.2, 0.25) is 0 Å². The van der Waals surface area contributed by atoms with Gasteiger partial charge in [-0.3, -0.25) is 0 Å². The predicted octanol–water partition coefficient (Wildman–Crippen LogP) is 3.39. The molecule has 3 N–H and O–H groups in total. The number of fused-ring (bicyclic) bond motifs is 1. The Kier molecular flexibility index (Phi) is 2.76. The number of nitrogens with two attached hydrogens (primary N) is 1. The van der Waals surface area contributed by atoms with E-state index in [-0.39, 0.29) is 5.54 Å². The lowest BCUT2D eigenvalue weighted by Crippen LogP contribution is -2.29. The lowest BCUT2D eigenvalue weighted by atomic mass is 9.93. The topological polar surface area (TPSA) is 41.8 Å². The van der Waals surface area contributed by atoms with E-state index in [0.29, 0.717) is 0 Å². The Morgan fingerprint density at radius 2 is 2.00 bits per heavy atom. The molecule has 0 bridgehead atoms. The Labute approximate surface area is 101 Å². The lowest BCUT2D eigenvalue weighted by Gasteiger charge is -2.19. The van der Waals surface area contributed by atoms with Crippen LogP contribution in [0.1, 0.15) is 25.1 Å². The van der Waals surface area contributed by atoms with E-state index < -0.39 is 0 Å². The van der Waals surface area contributed by atoms with Crippen molar-refractivity contribution in [2.45, 2.75) is 31.2 Å². The highest BCUT2D eigenvalue weighted by atomic mass is 32.2. The predicted molar refractivity (Wildman–Crippen MR) is 72.0 cm³/mol. The van der Waals surface area contributed by atoms with Crippen LogP contribution in [0.15, 0.2) is 23.1 Å². The standard InChI is InChI=1S/C13H18N2S/c1-8-12(13(2,3)14)10-7-9(16-4)5-6-11(10)15-8/h5-7,15H,14H2,1-4H3. The van der Waals surface area contributed by atoms with Crippen LogP contribution in [0.4, 0.5) is 0 Å². The molecule has 1 heterocycles. The number of aromatic nitrogens is 1. The van der Waals surface area contributed by atoms with E-state index >= 15 is 0 Å². The van der Waals surface area contributed by atoms with Crippen molar-refractivity contribution >= 4 is 22.7 Å². The van der Waals surface area contributed by atoms with Crippen molar-refractivity contribution in [1.82, 2.24) is 4.98 Å². The van der Waals surface area contributed by atoms with Gasteiger partial charge in [0.15, 0.2) is 0 Å². The second kappa shape index (κ2) is 3.82. The van der Waals surface area contributed by atoms with Gasteiger partial charge in [0, 0.05) is 27.0 Å². The summed E-state index contributed by atoms with van der Waals surface area (Å²) < 4.78 is 0. The highest BCUT2D eigenvalue weighted by molar-refractivity contribution is 7.98. The number of hydrogen-bond acceptors (Lipinski definition) is 2. The zero-order valence-electron chi connectivity index (χ0n) is 10.2. The van der Waals surface area contributed by atoms with Crippen molar-refractivity contribution in [3.63, 3.8) is 0 Å². The molecule has 0 atom stereocenters. The highest BCUT2D eigenvalue weighted by Crippen LogP contribution is 2.32. The molecule has 2 aromatic rings. The summed E-state index contributed by atoms with van der Waals surface area (Å²) >= 11 is 1.76. The number of benzene rings is 1. The van der Waals surface area contributed by atoms with E-state index in [1.165, 1.54) is 27.1 Å². The van der Waals surface area contributed by atoms with Crippen LogP contribution >= 0.6 is 11.8 Å². The molecule has 0 fully saturated rings. The maximum absolute atomic E-state index is 6.23. The number of H-pyrrole nitrogens is 1. The normalized spacial score (nSPS) is 12.3. The SMILES string of the molecule is CSc1ccc2[nH]c(C)c(C(C)(C)N)c2c1. The fourth-order valence-electron chi connectivity index (χ4n) is 2.26. The van der Waals surface area contributed by atoms with Gasteiger partial charge >= 0.3 is 0 Å². The van der Waals surface area contributed by atoms with Crippen molar-refractivity contribution < 1.29 is 0 Å². The molecule has 0 amide bonds. The smallest absolute Gasteiger partial charge is 0.0460 e. The summed E-state index contributed by atoms with van der Waals surface area (Å²) in [5.41, 5.74) is 9.48. The Morgan fingerprint density at radius 1 is 1.31 bits per heavy atom. The summed E-state index contributed by atoms with van der Waals surface area (Å²) in [6.07, 6.45) is 2.09. The largest absolute Gasteiger partial charge is 0.358 e. The number of nitrogens with one attached hydrogen (secondary N) is 1. The third kappa shape index (κ3) is 1.85. The maximum atomic E-state index is 6.23. The number of rotatable bonds is 2. The Morgan fingerprint density at radius 3 is 2.56 bits per heavy atom. The van der Waals surface area contributed by atoms with Gasteiger partial charge in [-0.25, -0.2) is 0 Å². The molecule has 2 nitrogen and oxygen atoms in total. The summed E-state index contributed by atoms with van der Waals surface area (Å²) in [5, 5.41) is 1.25. The Bertz CT molecular complexity index is 520. The Balaban J connectivity index is 2.76. The van der Waals surface area contributed by atoms with Crippen LogP contribution < -0.4 is 5.73 Å². The molecule has 1 aromatic carbocycles. The minimum atomic E-state index is -0.306. The van der Waals surface area contributed by atoms with Crippen LogP contribution in [0.25, 0.3) is 10.9 Å². The maximum Gasteiger partial charge on any atom is 0.0460 e. The highest BCUT2D eigenvalue weighted by Gasteiger charge is 2.21. The van der Waals surface area contributed by atoms with Crippen molar-refractivity contribution in [3.8, 4) is 0 Å². The quantitative estimate of drug-likeness (QED) is 0.782. The zero-order valence-corrected chi connectivity index (χ0v) is 11.0. The molecular weight excluding hydrogens is 216 g/mol. The lowest BCUT2D eigenvalue weighted by molar-refractivity contribution is 0.555. The zero-order chi connectivity index (χ0) is 11.9. The number of thioether (sulfide) groups is 1. The summed E-state index contributed by atoms with van der Waals surface area (Å²) in [6.45, 7) is 6.19. The van der Waals surface area contributed by atoms with Crippen LogP contribution in [0, 0.1) is 6.92 Å². The first kappa shape index (κ1) is 11.6. The van der Waals surface area contributed by atoms with Gasteiger partial charge in [-0.1, -0.05) is 0 Å². The number of hydrogen-bond donors (Lipinski definition) is 2. The van der Waals surface area contributed by atoms with Crippen molar-refractivity contribution in [2.24, 2.45) is 5.73 Å². The molecule has 0 aliphatic heterocycles. The first-order valence-corrected chi connectivity index (χ1v) is 6.61. The molecule has 0 spiro atoms. The van der Waals surface area contributed by atoms with Crippen LogP contribution in [-0.4, -0.2) is 11.2 Å². The van der Waals surface area contributed by atoms with E-state index in [9.17, 15) is 0 Å². The van der Waals surface area contributed by atoms with Crippen molar-refractivity contribution in [2.75, 3.05) is 6.26 Å². The average molecular weight is 234 g/mol. The van der Waals surface area contributed by atoms with E-state index in [1.54, 1.807) is 11.8 Å². The molecule has 0 aliphatic rings. The van der Waals surface area contributed by atoms with Gasteiger partial charge in [-0.15, -0.1) is 11.8 Å². The molecule has 86 valence electrons. The second-order valence-electron chi connectivity index (χ2n) is 4.76. The summed E-state index contributed by atoms with van der Waals surface area (Å²) in [5.74, 6) is 0. The molecule has 16 heavy (non-hydrogen) atoms. The molecule has 0 unspecified atom stereocenters. The number of aryl methyl sites for hydroxylation is 1. The minimum Gasteiger partial charge on any atom is -0.358 e. The molecule has 0 radical (unpaired) electrons. The van der Waals surface area contributed by atoms with Gasteiger partial charge in [-0.2, -0.15) is 0 Å². The van der Waals surface area contributed by atoms with E-state index in [0.717, 1.165) is 0 Å². The van der Waals surface area contributed by atoms with Gasteiger partial charge in [0.05, 0.1) is 0 Å². The number of aromatic amines is 1. The summed E-state index contributed by atoms with van der Waals surface area (Å²) in [4.78, 5) is 4.67. The van der Waals surface area contributed by atoms with Crippen LogP contribution in [-0.2, 0) is 5.54 Å². The van der Waals surface area contributed by atoms with Gasteiger partial charge < -0.3 is 10.7 Å². The fraction of sp³-hybridized carbons (Fsp3) is 0.385. The van der Waals surface area contributed by atoms with Gasteiger partial charge in [0.1, 0.15) is 0 Å². The summed E-state index contributed by atoms with van der Waals surface area (Å²) in [7, 11) is 0. The average Bonchev–Trinajstić information content (AvgIpc) is 2.51. The van der Waals surface area contributed by atoms with Crippen LogP contribution in [0.5, 0.6) is 0 Å². The molecule has 0 saturated carbocycles. The Hall–Kier alpha value is -0.930. The molecule has 0 aliphatic carbocycles.